The quantitative estimate of drug-likeness (QED) is 0.710. The molecule has 0 atom stereocenters. The minimum absolute atomic E-state index is 0.0484. The Bertz CT molecular complexity index is 693. The molecule has 0 fully saturated rings. The van der Waals surface area contributed by atoms with Gasteiger partial charge in [0.1, 0.15) is 0 Å². The summed E-state index contributed by atoms with van der Waals surface area (Å²) in [6, 6.07) is 3.49. The lowest BCUT2D eigenvalue weighted by molar-refractivity contribution is 0.581. The van der Waals surface area contributed by atoms with E-state index in [9.17, 15) is 16.8 Å². The molecule has 0 radical (unpaired) electrons. The zero-order valence-electron chi connectivity index (χ0n) is 10.2. The number of hydrogen-bond acceptors (Lipinski definition) is 6. The van der Waals surface area contributed by atoms with Crippen LogP contribution in [0, 0.1) is 11.8 Å². The summed E-state index contributed by atoms with van der Waals surface area (Å²) < 4.78 is 47.0. The van der Waals surface area contributed by atoms with Gasteiger partial charge in [-0.2, -0.15) is 0 Å². The van der Waals surface area contributed by atoms with Crippen molar-refractivity contribution in [2.75, 3.05) is 17.9 Å². The topological polar surface area (TPSA) is 106 Å². The van der Waals surface area contributed by atoms with Gasteiger partial charge in [-0.1, -0.05) is 11.8 Å². The van der Waals surface area contributed by atoms with Crippen molar-refractivity contribution in [1.82, 2.24) is 4.72 Å². The summed E-state index contributed by atoms with van der Waals surface area (Å²) >= 11 is 1.33. The number of thiophene rings is 1. The standard InChI is InChI=1S/C10H14N2O4S3/c1-18(13,14)8-19(15,16)12-7-10-5-4-9(17-10)3-2-6-11/h4-5,12H,6-8,11H2,1H3. The lowest BCUT2D eigenvalue weighted by atomic mass is 10.4. The first kappa shape index (κ1) is 16.1. The molecule has 0 aliphatic rings. The maximum atomic E-state index is 11.5. The van der Waals surface area contributed by atoms with E-state index in [1.165, 1.54) is 11.3 Å². The van der Waals surface area contributed by atoms with Crippen LogP contribution in [0.25, 0.3) is 0 Å². The Labute approximate surface area is 117 Å². The van der Waals surface area contributed by atoms with Gasteiger partial charge >= 0.3 is 0 Å². The van der Waals surface area contributed by atoms with Crippen LogP contribution in [0.4, 0.5) is 0 Å². The summed E-state index contributed by atoms with van der Waals surface area (Å²) in [5.41, 5.74) is 5.24. The van der Waals surface area contributed by atoms with Crippen molar-refractivity contribution in [3.05, 3.63) is 21.9 Å². The van der Waals surface area contributed by atoms with Gasteiger partial charge in [0.2, 0.25) is 10.0 Å². The molecule has 0 amide bonds. The van der Waals surface area contributed by atoms with Gasteiger partial charge in [0, 0.05) is 17.7 Å². The molecule has 1 aromatic rings. The maximum Gasteiger partial charge on any atom is 0.226 e. The average Bonchev–Trinajstić information content (AvgIpc) is 2.68. The Morgan fingerprint density at radius 1 is 1.32 bits per heavy atom. The lowest BCUT2D eigenvalue weighted by Gasteiger charge is -2.03. The van der Waals surface area contributed by atoms with E-state index in [0.29, 0.717) is 0 Å². The van der Waals surface area contributed by atoms with Crippen LogP contribution in [0.1, 0.15) is 9.75 Å². The molecule has 0 aliphatic heterocycles. The highest BCUT2D eigenvalue weighted by Gasteiger charge is 2.17. The van der Waals surface area contributed by atoms with E-state index >= 15 is 0 Å². The van der Waals surface area contributed by atoms with Crippen LogP contribution in [0.3, 0.4) is 0 Å². The molecule has 19 heavy (non-hydrogen) atoms. The summed E-state index contributed by atoms with van der Waals surface area (Å²) in [7, 11) is -7.41. The molecule has 0 saturated heterocycles. The van der Waals surface area contributed by atoms with Crippen LogP contribution in [-0.4, -0.2) is 34.7 Å². The van der Waals surface area contributed by atoms with E-state index in [1.54, 1.807) is 12.1 Å². The van der Waals surface area contributed by atoms with E-state index in [-0.39, 0.29) is 13.1 Å². The average molecular weight is 322 g/mol. The van der Waals surface area contributed by atoms with Crippen LogP contribution in [0.5, 0.6) is 0 Å². The molecule has 0 saturated carbocycles. The maximum absolute atomic E-state index is 11.5. The highest BCUT2D eigenvalue weighted by molar-refractivity contribution is 8.06. The van der Waals surface area contributed by atoms with Gasteiger partial charge in [-0.3, -0.25) is 0 Å². The second-order valence-electron chi connectivity index (χ2n) is 3.75. The van der Waals surface area contributed by atoms with Crippen molar-refractivity contribution in [3.8, 4) is 11.8 Å². The summed E-state index contributed by atoms with van der Waals surface area (Å²) in [6.07, 6.45) is 0.873. The third-order valence-corrected chi connectivity index (χ3v) is 6.35. The zero-order chi connectivity index (χ0) is 14.5. The Kier molecular flexibility index (Phi) is 5.51. The Hall–Kier alpha value is -0.920. The van der Waals surface area contributed by atoms with Crippen LogP contribution >= 0.6 is 11.3 Å². The van der Waals surface area contributed by atoms with Gasteiger partial charge in [0.25, 0.3) is 0 Å². The second-order valence-corrected chi connectivity index (χ2v) is 9.23. The van der Waals surface area contributed by atoms with E-state index in [1.807, 2.05) is 0 Å². The number of sulfonamides is 1. The summed E-state index contributed by atoms with van der Waals surface area (Å²) in [6.45, 7) is 0.307. The van der Waals surface area contributed by atoms with Crippen LogP contribution in [0.2, 0.25) is 0 Å². The number of nitrogens with two attached hydrogens (primary N) is 1. The highest BCUT2D eigenvalue weighted by atomic mass is 32.3. The van der Waals surface area contributed by atoms with Gasteiger partial charge in [-0.15, -0.1) is 11.3 Å². The zero-order valence-corrected chi connectivity index (χ0v) is 12.7. The molecule has 9 heteroatoms. The monoisotopic (exact) mass is 322 g/mol. The number of nitrogens with one attached hydrogen (secondary N) is 1. The fraction of sp³-hybridized carbons (Fsp3) is 0.400. The summed E-state index contributed by atoms with van der Waals surface area (Å²) in [4.78, 5) is 1.53. The van der Waals surface area contributed by atoms with Crippen molar-refractivity contribution in [3.63, 3.8) is 0 Å². The number of rotatable bonds is 5. The Morgan fingerprint density at radius 2 is 2.00 bits per heavy atom. The molecule has 3 N–H and O–H groups in total. The molecule has 106 valence electrons. The third-order valence-electron chi connectivity index (χ3n) is 1.81. The number of hydrogen-bond donors (Lipinski definition) is 2. The molecule has 1 heterocycles. The van der Waals surface area contributed by atoms with Crippen molar-refractivity contribution in [2.24, 2.45) is 5.73 Å². The van der Waals surface area contributed by atoms with Crippen LogP contribution in [-0.2, 0) is 26.4 Å². The Morgan fingerprint density at radius 3 is 2.58 bits per heavy atom. The van der Waals surface area contributed by atoms with Crippen LogP contribution in [0.15, 0.2) is 12.1 Å². The van der Waals surface area contributed by atoms with Crippen LogP contribution < -0.4 is 10.5 Å². The molecule has 0 bridgehead atoms. The molecule has 0 spiro atoms. The highest BCUT2D eigenvalue weighted by Crippen LogP contribution is 2.15. The van der Waals surface area contributed by atoms with E-state index in [2.05, 4.69) is 16.6 Å². The summed E-state index contributed by atoms with van der Waals surface area (Å²) in [5, 5.41) is -0.911. The largest absolute Gasteiger partial charge is 0.320 e. The molecular formula is C10H14N2O4S3. The van der Waals surface area contributed by atoms with Crippen molar-refractivity contribution in [2.45, 2.75) is 6.54 Å². The SMILES string of the molecule is CS(=O)(=O)CS(=O)(=O)NCc1ccc(C#CCN)s1. The van der Waals surface area contributed by atoms with Crippen molar-refractivity contribution in [1.29, 1.82) is 0 Å². The first-order valence-corrected chi connectivity index (χ1v) is 9.67. The predicted molar refractivity (Wildman–Crippen MR) is 75.7 cm³/mol. The van der Waals surface area contributed by atoms with E-state index < -0.39 is 24.9 Å². The molecule has 1 aromatic heterocycles. The van der Waals surface area contributed by atoms with Gasteiger partial charge in [0.15, 0.2) is 14.9 Å². The Balaban J connectivity index is 2.65. The minimum Gasteiger partial charge on any atom is -0.320 e. The minimum atomic E-state index is -3.83. The molecule has 6 nitrogen and oxygen atoms in total. The fourth-order valence-corrected chi connectivity index (χ4v) is 5.06. The predicted octanol–water partition coefficient (Wildman–Crippen LogP) is -0.520. The van der Waals surface area contributed by atoms with Gasteiger partial charge in [0.05, 0.1) is 11.4 Å². The molecule has 0 aliphatic carbocycles. The molecule has 0 aromatic carbocycles. The fourth-order valence-electron chi connectivity index (χ4n) is 1.18. The molecule has 1 rings (SSSR count). The number of sulfone groups is 1. The van der Waals surface area contributed by atoms with Crippen molar-refractivity contribution < 1.29 is 16.8 Å². The summed E-state index contributed by atoms with van der Waals surface area (Å²) in [5.74, 6) is 5.52. The first-order chi connectivity index (χ1) is 8.72. The first-order valence-electron chi connectivity index (χ1n) is 5.14. The molecule has 0 unspecified atom stereocenters. The van der Waals surface area contributed by atoms with E-state index in [4.69, 9.17) is 5.73 Å². The van der Waals surface area contributed by atoms with Gasteiger partial charge < -0.3 is 5.73 Å². The molecular weight excluding hydrogens is 308 g/mol. The second kappa shape index (κ2) is 6.49. The van der Waals surface area contributed by atoms with E-state index in [0.717, 1.165) is 16.0 Å². The van der Waals surface area contributed by atoms with Crippen molar-refractivity contribution >= 4 is 31.2 Å². The third kappa shape index (κ3) is 6.70. The smallest absolute Gasteiger partial charge is 0.226 e. The lowest BCUT2D eigenvalue weighted by Crippen LogP contribution is -2.29. The normalized spacial score (nSPS) is 11.9. The van der Waals surface area contributed by atoms with Gasteiger partial charge in [-0.25, -0.2) is 21.6 Å². The van der Waals surface area contributed by atoms with Gasteiger partial charge in [-0.05, 0) is 12.1 Å².